The number of aromatic nitrogens is 1. The fourth-order valence-corrected chi connectivity index (χ4v) is 7.71. The Balaban J connectivity index is 1.17. The predicted molar refractivity (Wildman–Crippen MR) is 207 cm³/mol. The van der Waals surface area contributed by atoms with Crippen LogP contribution in [0, 0.1) is 5.21 Å². The smallest absolute Gasteiger partial charge is 0.352 e. The first-order valence-electron chi connectivity index (χ1n) is 17.5. The van der Waals surface area contributed by atoms with Crippen molar-refractivity contribution in [2.45, 2.75) is 30.5 Å². The van der Waals surface area contributed by atoms with Gasteiger partial charge >= 0.3 is 5.97 Å². The number of rotatable bonds is 14. The highest BCUT2D eigenvalue weighted by atomic mass is 32.2. The molecule has 55 heavy (non-hydrogen) atoms. The number of thioether (sulfide) groups is 1. The number of carboxylic acids is 1. The number of methoxy groups -OCH3 is 1. The van der Waals surface area contributed by atoms with Crippen LogP contribution in [0.1, 0.15) is 34.1 Å². The second-order valence-electron chi connectivity index (χ2n) is 12.8. The van der Waals surface area contributed by atoms with E-state index in [9.17, 15) is 24.7 Å². The van der Waals surface area contributed by atoms with Crippen molar-refractivity contribution in [1.82, 2.24) is 10.2 Å². The van der Waals surface area contributed by atoms with E-state index in [2.05, 4.69) is 5.32 Å². The summed E-state index contributed by atoms with van der Waals surface area (Å²) in [7, 11) is 1.59. The number of carboxylic acid groups (broad SMARTS) is 1. The minimum atomic E-state index is -1.29. The number of nitrogens with one attached hydrogen (secondary N) is 1. The van der Waals surface area contributed by atoms with Crippen LogP contribution in [0.25, 0.3) is 6.08 Å². The van der Waals surface area contributed by atoms with E-state index >= 15 is 0 Å². The van der Waals surface area contributed by atoms with Crippen LogP contribution < -0.4 is 24.3 Å². The lowest BCUT2D eigenvalue weighted by molar-refractivity contribution is -0.607. The first kappa shape index (κ1) is 36.8. The van der Waals surface area contributed by atoms with Gasteiger partial charge in [-0.1, -0.05) is 103 Å². The lowest BCUT2D eigenvalue weighted by atomic mass is 10.0. The fourth-order valence-electron chi connectivity index (χ4n) is 6.39. The van der Waals surface area contributed by atoms with Gasteiger partial charge in [-0.2, -0.15) is 4.73 Å². The van der Waals surface area contributed by atoms with E-state index in [1.165, 1.54) is 35.0 Å². The zero-order valence-corrected chi connectivity index (χ0v) is 30.6. The monoisotopic (exact) mass is 755 g/mol. The van der Waals surface area contributed by atoms with E-state index < -0.39 is 29.4 Å². The van der Waals surface area contributed by atoms with Gasteiger partial charge in [-0.25, -0.2) is 4.79 Å². The van der Waals surface area contributed by atoms with Gasteiger partial charge in [-0.15, -0.1) is 11.8 Å². The summed E-state index contributed by atoms with van der Waals surface area (Å²) in [6.07, 6.45) is 3.84. The van der Waals surface area contributed by atoms with Crippen LogP contribution in [0.5, 0.6) is 17.2 Å². The van der Waals surface area contributed by atoms with E-state index in [1.807, 2.05) is 115 Å². The molecule has 4 aromatic carbocycles. The highest BCUT2D eigenvalue weighted by molar-refractivity contribution is 8.00. The van der Waals surface area contributed by atoms with E-state index in [4.69, 9.17) is 14.2 Å². The number of carbonyl (C=O) groups is 3. The number of fused-ring (bicyclic) bond motifs is 1. The maximum atomic E-state index is 13.5. The van der Waals surface area contributed by atoms with Gasteiger partial charge in [0.15, 0.2) is 5.75 Å². The molecule has 0 radical (unpaired) electrons. The molecule has 1 aromatic heterocycles. The van der Waals surface area contributed by atoms with Crippen LogP contribution in [-0.2, 0) is 27.4 Å². The predicted octanol–water partition coefficient (Wildman–Crippen LogP) is 6.07. The van der Waals surface area contributed by atoms with Crippen LogP contribution in [0.15, 0.2) is 145 Å². The van der Waals surface area contributed by atoms with Gasteiger partial charge in [0.1, 0.15) is 35.6 Å². The Morgan fingerprint density at radius 2 is 1.55 bits per heavy atom. The molecule has 2 aliphatic heterocycles. The number of benzene rings is 4. The SMILES string of the molecule is COc1ccc(COc2c[n+]([O-])c(C=CC3=C(C(=O)O)N4C(=O)[C@@H](NC(=O)Cc5ccccc5)[C@H]4SC3)cc2OC(c2ccccc2)c2ccccc2)cc1. The Bertz CT molecular complexity index is 2190. The summed E-state index contributed by atoms with van der Waals surface area (Å²) < 4.78 is 18.8. The minimum Gasteiger partial charge on any atom is -0.618 e. The van der Waals surface area contributed by atoms with Gasteiger partial charge in [0.05, 0.1) is 19.6 Å². The molecular formula is C43H37N3O8S. The summed E-state index contributed by atoms with van der Waals surface area (Å²) in [5, 5.41) is 26.0. The quantitative estimate of drug-likeness (QED) is 0.0785. The molecule has 2 atom stereocenters. The fraction of sp³-hybridized carbons (Fsp3) is 0.163. The number of hydrogen-bond donors (Lipinski definition) is 2. The molecule has 11 nitrogen and oxygen atoms in total. The molecule has 0 spiro atoms. The highest BCUT2D eigenvalue weighted by Gasteiger charge is 2.54. The summed E-state index contributed by atoms with van der Waals surface area (Å²) >= 11 is 1.34. The lowest BCUT2D eigenvalue weighted by Crippen LogP contribution is -2.70. The topological polar surface area (TPSA) is 141 Å². The molecule has 2 N–H and O–H groups in total. The van der Waals surface area contributed by atoms with E-state index in [-0.39, 0.29) is 47.6 Å². The summed E-state index contributed by atoms with van der Waals surface area (Å²) in [6.45, 7) is 0.141. The zero-order valence-electron chi connectivity index (χ0n) is 29.7. The molecule has 0 unspecified atom stereocenters. The third-order valence-corrected chi connectivity index (χ3v) is 10.5. The molecule has 278 valence electrons. The molecule has 12 heteroatoms. The number of allylic oxidation sites excluding steroid dienone is 1. The lowest BCUT2D eigenvalue weighted by Gasteiger charge is -2.49. The normalized spacial score (nSPS) is 16.4. The molecule has 3 heterocycles. The molecular weight excluding hydrogens is 719 g/mol. The van der Waals surface area contributed by atoms with Crippen molar-refractivity contribution in [2.75, 3.05) is 12.9 Å². The number of β-lactam (4-membered cyclic amide) rings is 1. The Labute approximate surface area is 322 Å². The van der Waals surface area contributed by atoms with Gasteiger partial charge in [-0.3, -0.25) is 14.5 Å². The van der Waals surface area contributed by atoms with Crippen molar-refractivity contribution in [3.8, 4) is 17.2 Å². The number of carbonyl (C=O) groups excluding carboxylic acids is 2. The second kappa shape index (κ2) is 16.6. The zero-order chi connectivity index (χ0) is 38.3. The average molecular weight is 756 g/mol. The van der Waals surface area contributed by atoms with Crippen LogP contribution in [-0.4, -0.2) is 52.1 Å². The number of pyridine rings is 1. The number of ether oxygens (including phenoxy) is 3. The van der Waals surface area contributed by atoms with Gasteiger partial charge in [0.25, 0.3) is 5.91 Å². The van der Waals surface area contributed by atoms with Gasteiger partial charge in [0.2, 0.25) is 23.5 Å². The van der Waals surface area contributed by atoms with Crippen LogP contribution in [0.3, 0.4) is 0 Å². The Morgan fingerprint density at radius 1 is 0.909 bits per heavy atom. The first-order valence-corrected chi connectivity index (χ1v) is 18.6. The molecule has 0 bridgehead atoms. The number of hydrogen-bond acceptors (Lipinski definition) is 8. The third kappa shape index (κ3) is 8.34. The number of nitrogens with zero attached hydrogens (tertiary/aromatic N) is 2. The minimum absolute atomic E-state index is 0.0985. The summed E-state index contributed by atoms with van der Waals surface area (Å²) in [6, 6.07) is 36.6. The molecule has 1 fully saturated rings. The summed E-state index contributed by atoms with van der Waals surface area (Å²) in [4.78, 5) is 39.8. The van der Waals surface area contributed by atoms with Gasteiger partial charge < -0.3 is 29.8 Å². The van der Waals surface area contributed by atoms with Crippen molar-refractivity contribution in [3.63, 3.8) is 0 Å². The van der Waals surface area contributed by atoms with Crippen molar-refractivity contribution in [2.24, 2.45) is 0 Å². The second-order valence-corrected chi connectivity index (χ2v) is 13.9. The van der Waals surface area contributed by atoms with E-state index in [1.54, 1.807) is 13.2 Å². The largest absolute Gasteiger partial charge is 0.618 e. The van der Waals surface area contributed by atoms with Crippen LogP contribution >= 0.6 is 11.8 Å². The molecule has 2 aliphatic rings. The van der Waals surface area contributed by atoms with Crippen molar-refractivity contribution >= 4 is 35.6 Å². The molecule has 7 rings (SSSR count). The summed E-state index contributed by atoms with van der Waals surface area (Å²) in [5.74, 6) is -0.708. The van der Waals surface area contributed by atoms with Crippen molar-refractivity contribution in [1.29, 1.82) is 0 Å². The van der Waals surface area contributed by atoms with Crippen molar-refractivity contribution in [3.05, 3.63) is 178 Å². The van der Waals surface area contributed by atoms with Crippen LogP contribution in [0.2, 0.25) is 0 Å². The number of aliphatic carboxylic acids is 1. The average Bonchev–Trinajstić information content (AvgIpc) is 3.21. The van der Waals surface area contributed by atoms with Crippen LogP contribution in [0.4, 0.5) is 0 Å². The Hall–Kier alpha value is -6.53. The third-order valence-electron chi connectivity index (χ3n) is 9.19. The summed E-state index contributed by atoms with van der Waals surface area (Å²) in [5.41, 5.74) is 3.70. The Morgan fingerprint density at radius 3 is 2.16 bits per heavy atom. The first-order chi connectivity index (χ1) is 26.8. The van der Waals surface area contributed by atoms with E-state index in [0.717, 1.165) is 22.3 Å². The van der Waals surface area contributed by atoms with Gasteiger partial charge in [-0.05, 0) is 46.0 Å². The standard InChI is InChI=1S/C43H37N3O8S/c1-52-34-21-17-29(18-22-34)26-53-36-25-45(51)33(24-35(36)54-40(30-13-7-3-8-14-30)31-15-9-4-10-16-31)20-19-32-27-55-42-38(41(48)46(42)39(32)43(49)50)44-37(47)23-28-11-5-2-6-12-28/h2-22,24-25,38,40,42H,23,26-27H2,1H3,(H,44,47)(H,49,50)/t38-,42-/m1/s1. The molecule has 5 aromatic rings. The van der Waals surface area contributed by atoms with Crippen molar-refractivity contribution < 1.29 is 38.4 Å². The van der Waals surface area contributed by atoms with E-state index in [0.29, 0.717) is 16.1 Å². The maximum absolute atomic E-state index is 13.5. The molecule has 2 amide bonds. The highest BCUT2D eigenvalue weighted by Crippen LogP contribution is 2.41. The molecule has 0 saturated carbocycles. The maximum Gasteiger partial charge on any atom is 0.352 e. The van der Waals surface area contributed by atoms with Gasteiger partial charge in [0, 0.05) is 11.8 Å². The molecule has 1 saturated heterocycles. The molecule has 0 aliphatic carbocycles. The number of amides is 2. The Kier molecular flexibility index (Phi) is 11.1.